The van der Waals surface area contributed by atoms with Gasteiger partial charge in [-0.2, -0.15) is 13.1 Å². The largest absolute Gasteiger partial charge is 0.493 e. The summed E-state index contributed by atoms with van der Waals surface area (Å²) >= 11 is 0. The molecule has 1 N–H and O–H groups in total. The first kappa shape index (κ1) is 24.5. The summed E-state index contributed by atoms with van der Waals surface area (Å²) in [6.45, 7) is -1.05. The van der Waals surface area contributed by atoms with Gasteiger partial charge in [-0.1, -0.05) is 0 Å². The number of amides is 1. The normalized spacial score (nSPS) is 14.4. The maximum atomic E-state index is 12.8. The van der Waals surface area contributed by atoms with Crippen LogP contribution in [0.5, 0.6) is 11.5 Å². The van der Waals surface area contributed by atoms with E-state index in [1.807, 2.05) is 0 Å². The molecule has 1 amide bonds. The number of alkyl halides is 2. The Bertz CT molecular complexity index is 1160. The minimum absolute atomic E-state index is 0.0108. The van der Waals surface area contributed by atoms with E-state index in [1.165, 1.54) is 18.3 Å². The summed E-state index contributed by atoms with van der Waals surface area (Å²) < 4.78 is 71.9. The number of sulfonamides is 1. The first-order valence-electron chi connectivity index (χ1n) is 9.75. The van der Waals surface area contributed by atoms with Gasteiger partial charge in [-0.25, -0.2) is 13.2 Å². The Kier molecular flexibility index (Phi) is 7.22. The van der Waals surface area contributed by atoms with Crippen LogP contribution in [0.15, 0.2) is 27.5 Å². The van der Waals surface area contributed by atoms with E-state index in [2.05, 4.69) is 14.8 Å². The van der Waals surface area contributed by atoms with Crippen molar-refractivity contribution < 1.29 is 45.4 Å². The lowest BCUT2D eigenvalue weighted by molar-refractivity contribution is -0.0511. The van der Waals surface area contributed by atoms with Crippen molar-refractivity contribution in [3.8, 4) is 11.5 Å². The summed E-state index contributed by atoms with van der Waals surface area (Å²) in [6, 6.07) is 3.11. The van der Waals surface area contributed by atoms with E-state index in [0.717, 1.165) is 38.2 Å². The topological polar surface area (TPSA) is 124 Å². The van der Waals surface area contributed by atoms with Gasteiger partial charge in [0.15, 0.2) is 17.3 Å². The van der Waals surface area contributed by atoms with Gasteiger partial charge < -0.3 is 23.9 Å². The van der Waals surface area contributed by atoms with E-state index in [0.29, 0.717) is 13.1 Å². The number of nitrogens with one attached hydrogen (secondary N) is 1. The summed E-state index contributed by atoms with van der Waals surface area (Å²) in [7, 11) is -1.57. The molecule has 0 radical (unpaired) electrons. The number of halogens is 2. The zero-order valence-electron chi connectivity index (χ0n) is 18.0. The molecular weight excluding hydrogens is 466 g/mol. The molecule has 33 heavy (non-hydrogen) atoms. The molecule has 3 rings (SSSR count). The quantitative estimate of drug-likeness (QED) is 0.563. The lowest BCUT2D eigenvalue weighted by Gasteiger charge is -2.15. The van der Waals surface area contributed by atoms with E-state index in [-0.39, 0.29) is 33.4 Å². The highest BCUT2D eigenvalue weighted by Gasteiger charge is 2.32. The van der Waals surface area contributed by atoms with Gasteiger partial charge in [0.1, 0.15) is 10.7 Å². The van der Waals surface area contributed by atoms with Crippen molar-refractivity contribution in [3.05, 3.63) is 35.3 Å². The minimum Gasteiger partial charge on any atom is -0.493 e. The molecule has 1 aromatic heterocycles. The second-order valence-electron chi connectivity index (χ2n) is 7.02. The zero-order valence-corrected chi connectivity index (χ0v) is 18.8. The predicted octanol–water partition coefficient (Wildman–Crippen LogP) is 3.02. The number of aryl methyl sites for hydroxylation is 1. The van der Waals surface area contributed by atoms with E-state index in [4.69, 9.17) is 9.15 Å². The molecule has 2 heterocycles. The van der Waals surface area contributed by atoms with Gasteiger partial charge in [-0.15, -0.1) is 0 Å². The highest BCUT2D eigenvalue weighted by atomic mass is 32.2. The molecule has 0 spiro atoms. The van der Waals surface area contributed by atoms with Gasteiger partial charge in [-0.3, -0.25) is 4.79 Å². The second kappa shape index (κ2) is 9.75. The Balaban J connectivity index is 1.96. The van der Waals surface area contributed by atoms with Crippen molar-refractivity contribution in [3.63, 3.8) is 0 Å². The summed E-state index contributed by atoms with van der Waals surface area (Å²) in [5, 5.41) is 2.35. The number of carbonyl (C=O) groups is 2. The molecule has 0 unspecified atom stereocenters. The number of carbonyl (C=O) groups excluding carboxylic acids is 2. The second-order valence-corrected chi connectivity index (χ2v) is 8.92. The van der Waals surface area contributed by atoms with Crippen molar-refractivity contribution in [1.82, 2.24) is 4.31 Å². The lowest BCUT2D eigenvalue weighted by atomic mass is 10.1. The van der Waals surface area contributed by atoms with Crippen molar-refractivity contribution in [2.45, 2.75) is 31.3 Å². The Morgan fingerprint density at radius 1 is 1.12 bits per heavy atom. The van der Waals surface area contributed by atoms with Crippen LogP contribution in [-0.4, -0.2) is 58.5 Å². The summed E-state index contributed by atoms with van der Waals surface area (Å²) in [6.07, 6.45) is 1.47. The molecule has 0 saturated carbocycles. The maximum absolute atomic E-state index is 12.8. The van der Waals surface area contributed by atoms with Crippen molar-refractivity contribution >= 4 is 27.6 Å². The van der Waals surface area contributed by atoms with E-state index in [1.54, 1.807) is 0 Å². The van der Waals surface area contributed by atoms with Gasteiger partial charge in [-0.05, 0) is 19.8 Å². The third kappa shape index (κ3) is 5.09. The number of esters is 1. The number of hydrogen-bond acceptors (Lipinski definition) is 8. The fourth-order valence-electron chi connectivity index (χ4n) is 3.37. The van der Waals surface area contributed by atoms with Crippen LogP contribution in [0.1, 0.15) is 39.5 Å². The molecule has 0 aliphatic carbocycles. The minimum atomic E-state index is -3.84. The molecule has 1 aliphatic heterocycles. The first-order chi connectivity index (χ1) is 15.6. The summed E-state index contributed by atoms with van der Waals surface area (Å²) in [5.41, 5.74) is -0.446. The average Bonchev–Trinajstić information content (AvgIpc) is 3.43. The Labute approximate surface area is 188 Å². The summed E-state index contributed by atoms with van der Waals surface area (Å²) in [4.78, 5) is 24.8. The highest BCUT2D eigenvalue weighted by molar-refractivity contribution is 7.89. The van der Waals surface area contributed by atoms with E-state index < -0.39 is 34.3 Å². The molecule has 13 heteroatoms. The third-order valence-electron chi connectivity index (χ3n) is 4.95. The standard InChI is InChI=1S/C20H22F2N2O8S/c1-11-17(33(27,28)24-6-4-5-7-24)10-16(31-11)18(25)23-13-9-15(32-20(21)22)14(29-2)8-12(13)19(26)30-3/h8-10,20H,4-7H2,1-3H3,(H,23,25). The summed E-state index contributed by atoms with van der Waals surface area (Å²) in [5.74, 6) is -2.78. The number of ether oxygens (including phenoxy) is 3. The number of furan rings is 1. The van der Waals surface area contributed by atoms with Crippen molar-refractivity contribution in [1.29, 1.82) is 0 Å². The van der Waals surface area contributed by atoms with Crippen molar-refractivity contribution in [2.24, 2.45) is 0 Å². The fourth-order valence-corrected chi connectivity index (χ4v) is 5.05. The predicted molar refractivity (Wildman–Crippen MR) is 110 cm³/mol. The van der Waals surface area contributed by atoms with Crippen LogP contribution in [0.2, 0.25) is 0 Å². The van der Waals surface area contributed by atoms with E-state index in [9.17, 15) is 26.8 Å². The molecule has 10 nitrogen and oxygen atoms in total. The van der Waals surface area contributed by atoms with Crippen molar-refractivity contribution in [2.75, 3.05) is 32.6 Å². The number of methoxy groups -OCH3 is 2. The van der Waals surface area contributed by atoms with Gasteiger partial charge in [0.05, 0.1) is 25.5 Å². The highest BCUT2D eigenvalue weighted by Crippen LogP contribution is 2.35. The molecule has 0 bridgehead atoms. The van der Waals surface area contributed by atoms with Crippen LogP contribution in [0, 0.1) is 6.92 Å². The Hall–Kier alpha value is -3.19. The zero-order chi connectivity index (χ0) is 24.3. The van der Waals surface area contributed by atoms with Crippen LogP contribution in [-0.2, 0) is 14.8 Å². The SMILES string of the molecule is COC(=O)c1cc(OC)c(OC(F)F)cc1NC(=O)c1cc(S(=O)(=O)N2CCCC2)c(C)o1. The molecule has 1 saturated heterocycles. The van der Waals surface area contributed by atoms with Crippen LogP contribution in [0.3, 0.4) is 0 Å². The maximum Gasteiger partial charge on any atom is 0.387 e. The molecular formula is C20H22F2N2O8S. The van der Waals surface area contributed by atoms with Crippen LogP contribution >= 0.6 is 0 Å². The number of anilines is 1. The lowest BCUT2D eigenvalue weighted by Crippen LogP contribution is -2.28. The number of hydrogen-bond donors (Lipinski definition) is 1. The van der Waals surface area contributed by atoms with Gasteiger partial charge in [0, 0.05) is 31.3 Å². The van der Waals surface area contributed by atoms with E-state index >= 15 is 0 Å². The Morgan fingerprint density at radius 3 is 2.36 bits per heavy atom. The van der Waals surface area contributed by atoms with Gasteiger partial charge in [0.25, 0.3) is 5.91 Å². The molecule has 2 aromatic rings. The number of nitrogens with zero attached hydrogens (tertiary/aromatic N) is 1. The third-order valence-corrected chi connectivity index (χ3v) is 6.96. The fraction of sp³-hybridized carbons (Fsp3) is 0.400. The monoisotopic (exact) mass is 488 g/mol. The Morgan fingerprint density at radius 2 is 1.79 bits per heavy atom. The first-order valence-corrected chi connectivity index (χ1v) is 11.2. The van der Waals surface area contributed by atoms with Crippen LogP contribution in [0.25, 0.3) is 0 Å². The molecule has 1 fully saturated rings. The van der Waals surface area contributed by atoms with Crippen LogP contribution < -0.4 is 14.8 Å². The van der Waals surface area contributed by atoms with Gasteiger partial charge >= 0.3 is 12.6 Å². The molecule has 1 aromatic carbocycles. The molecule has 0 atom stereocenters. The number of rotatable bonds is 8. The molecule has 1 aliphatic rings. The number of benzene rings is 1. The van der Waals surface area contributed by atoms with Crippen LogP contribution in [0.4, 0.5) is 14.5 Å². The van der Waals surface area contributed by atoms with Gasteiger partial charge in [0.2, 0.25) is 10.0 Å². The smallest absolute Gasteiger partial charge is 0.387 e. The molecule has 180 valence electrons. The average molecular weight is 488 g/mol.